The van der Waals surface area contributed by atoms with Crippen molar-refractivity contribution in [3.05, 3.63) is 64.6 Å². The van der Waals surface area contributed by atoms with Gasteiger partial charge in [-0.2, -0.15) is 0 Å². The Morgan fingerprint density at radius 1 is 0.971 bits per heavy atom. The van der Waals surface area contributed by atoms with E-state index in [9.17, 15) is 0 Å². The van der Waals surface area contributed by atoms with Crippen molar-refractivity contribution in [2.24, 2.45) is 0 Å². The minimum Gasteiger partial charge on any atom is -0.308 e. The first kappa shape index (κ1) is 23.3. The summed E-state index contributed by atoms with van der Waals surface area (Å²) in [5, 5.41) is 0. The number of hydrogen-bond donors (Lipinski definition) is 0. The molecular formula is C29H39N5. The summed E-state index contributed by atoms with van der Waals surface area (Å²) in [7, 11) is 0. The van der Waals surface area contributed by atoms with Crippen LogP contribution < -0.4 is 0 Å². The quantitative estimate of drug-likeness (QED) is 0.487. The second-order valence-corrected chi connectivity index (χ2v) is 10.1. The molecule has 0 unspecified atom stereocenters. The Morgan fingerprint density at radius 2 is 1.71 bits per heavy atom. The van der Waals surface area contributed by atoms with Gasteiger partial charge in [0.05, 0.1) is 6.54 Å². The van der Waals surface area contributed by atoms with E-state index in [2.05, 4.69) is 77.6 Å². The topological polar surface area (TPSA) is 37.2 Å². The summed E-state index contributed by atoms with van der Waals surface area (Å²) >= 11 is 0. The third-order valence-electron chi connectivity index (χ3n) is 7.66. The van der Waals surface area contributed by atoms with E-state index in [1.54, 1.807) is 0 Å². The highest BCUT2D eigenvalue weighted by Gasteiger charge is 2.25. The molecule has 0 radical (unpaired) electrons. The van der Waals surface area contributed by atoms with Crippen molar-refractivity contribution in [2.45, 2.75) is 65.5 Å². The fourth-order valence-corrected chi connectivity index (χ4v) is 5.72. The third kappa shape index (κ3) is 5.11. The number of piperazine rings is 1. The van der Waals surface area contributed by atoms with Crippen molar-refractivity contribution in [3.63, 3.8) is 0 Å². The van der Waals surface area contributed by atoms with Gasteiger partial charge in [0.25, 0.3) is 0 Å². The van der Waals surface area contributed by atoms with Crippen LogP contribution in [0.4, 0.5) is 0 Å². The first-order valence-electron chi connectivity index (χ1n) is 13.2. The number of hydrogen-bond acceptors (Lipinski definition) is 4. The third-order valence-corrected chi connectivity index (χ3v) is 7.66. The van der Waals surface area contributed by atoms with E-state index in [0.29, 0.717) is 0 Å². The Morgan fingerprint density at radius 3 is 2.41 bits per heavy atom. The van der Waals surface area contributed by atoms with Gasteiger partial charge >= 0.3 is 0 Å². The highest BCUT2D eigenvalue weighted by Crippen LogP contribution is 2.24. The van der Waals surface area contributed by atoms with Crippen molar-refractivity contribution in [1.29, 1.82) is 0 Å². The number of aryl methyl sites for hydroxylation is 3. The summed E-state index contributed by atoms with van der Waals surface area (Å²) in [6.07, 6.45) is 11.2. The molecule has 3 aromatic rings. The van der Waals surface area contributed by atoms with Gasteiger partial charge in [-0.05, 0) is 49.4 Å². The van der Waals surface area contributed by atoms with Crippen molar-refractivity contribution >= 4 is 17.2 Å². The van der Waals surface area contributed by atoms with Gasteiger partial charge in [-0.15, -0.1) is 0 Å². The second-order valence-electron chi connectivity index (χ2n) is 10.1. The van der Waals surface area contributed by atoms with E-state index < -0.39 is 0 Å². The summed E-state index contributed by atoms with van der Waals surface area (Å²) in [4.78, 5) is 15.0. The SMILES string of the molecule is CCc1nc2c(C)cc(C)nc2n1Cc1ccc(/C=C/CN2CCN(C3CCCC3)CC2)cc1. The molecule has 1 saturated heterocycles. The highest BCUT2D eigenvalue weighted by atomic mass is 15.3. The predicted molar refractivity (Wildman–Crippen MR) is 141 cm³/mol. The van der Waals surface area contributed by atoms with Gasteiger partial charge in [-0.3, -0.25) is 9.80 Å². The Labute approximate surface area is 204 Å². The van der Waals surface area contributed by atoms with Gasteiger partial charge in [0, 0.05) is 50.9 Å². The standard InChI is InChI=1S/C29H39N5/c1-4-27-31-28-22(2)20-23(3)30-29(28)34(27)21-25-13-11-24(12-14-25)8-7-15-32-16-18-33(19-17-32)26-9-5-6-10-26/h7-8,11-14,20,26H,4-6,9-10,15-19,21H2,1-3H3/b8-7+. The van der Waals surface area contributed by atoms with Crippen molar-refractivity contribution in [2.75, 3.05) is 32.7 Å². The van der Waals surface area contributed by atoms with Crippen LogP contribution in [0.2, 0.25) is 0 Å². The molecule has 1 saturated carbocycles. The van der Waals surface area contributed by atoms with E-state index in [1.165, 1.54) is 68.6 Å². The van der Waals surface area contributed by atoms with Gasteiger partial charge in [0.15, 0.2) is 5.65 Å². The number of aromatic nitrogens is 3. The molecule has 0 atom stereocenters. The number of pyridine rings is 1. The number of benzene rings is 1. The summed E-state index contributed by atoms with van der Waals surface area (Å²) in [6.45, 7) is 13.1. The van der Waals surface area contributed by atoms with Crippen LogP contribution in [0.15, 0.2) is 36.4 Å². The van der Waals surface area contributed by atoms with Crippen LogP contribution in [0.3, 0.4) is 0 Å². The van der Waals surface area contributed by atoms with E-state index >= 15 is 0 Å². The van der Waals surface area contributed by atoms with Crippen LogP contribution in [0, 0.1) is 13.8 Å². The molecular weight excluding hydrogens is 418 g/mol. The molecule has 1 aliphatic carbocycles. The monoisotopic (exact) mass is 457 g/mol. The molecule has 0 bridgehead atoms. The molecule has 2 aliphatic rings. The Balaban J connectivity index is 1.18. The molecule has 0 N–H and O–H groups in total. The summed E-state index contributed by atoms with van der Waals surface area (Å²) in [5.74, 6) is 1.10. The van der Waals surface area contributed by atoms with E-state index in [-0.39, 0.29) is 0 Å². The molecule has 5 heteroatoms. The lowest BCUT2D eigenvalue weighted by Crippen LogP contribution is -2.49. The van der Waals surface area contributed by atoms with Gasteiger partial charge in [-0.1, -0.05) is 56.2 Å². The largest absolute Gasteiger partial charge is 0.308 e. The fraction of sp³-hybridized carbons (Fsp3) is 0.517. The number of rotatable bonds is 7. The molecule has 0 amide bonds. The van der Waals surface area contributed by atoms with Crippen LogP contribution >= 0.6 is 0 Å². The van der Waals surface area contributed by atoms with E-state index in [4.69, 9.17) is 9.97 Å². The Kier molecular flexibility index (Phi) is 7.12. The number of nitrogens with zero attached hydrogens (tertiary/aromatic N) is 5. The number of fused-ring (bicyclic) bond motifs is 1. The van der Waals surface area contributed by atoms with Gasteiger partial charge < -0.3 is 4.57 Å². The molecule has 1 aromatic carbocycles. The zero-order valence-corrected chi connectivity index (χ0v) is 21.1. The molecule has 34 heavy (non-hydrogen) atoms. The van der Waals surface area contributed by atoms with Gasteiger partial charge in [-0.25, -0.2) is 9.97 Å². The van der Waals surface area contributed by atoms with Gasteiger partial charge in [0.2, 0.25) is 0 Å². The van der Waals surface area contributed by atoms with Crippen LogP contribution in [0.1, 0.15) is 60.8 Å². The van der Waals surface area contributed by atoms with Gasteiger partial charge in [0.1, 0.15) is 11.3 Å². The van der Waals surface area contributed by atoms with E-state index in [0.717, 1.165) is 48.2 Å². The summed E-state index contributed by atoms with van der Waals surface area (Å²) in [5.41, 5.74) is 6.85. The first-order valence-corrected chi connectivity index (χ1v) is 13.2. The van der Waals surface area contributed by atoms with Crippen molar-refractivity contribution < 1.29 is 0 Å². The molecule has 5 rings (SSSR count). The lowest BCUT2D eigenvalue weighted by atomic mass is 10.1. The molecule has 3 heterocycles. The number of imidazole rings is 1. The molecule has 2 aromatic heterocycles. The van der Waals surface area contributed by atoms with Crippen LogP contribution in [0.25, 0.3) is 17.2 Å². The molecule has 180 valence electrons. The molecule has 2 fully saturated rings. The lowest BCUT2D eigenvalue weighted by molar-refractivity contribution is 0.105. The smallest absolute Gasteiger partial charge is 0.160 e. The van der Waals surface area contributed by atoms with Crippen molar-refractivity contribution in [3.8, 4) is 0 Å². The maximum Gasteiger partial charge on any atom is 0.160 e. The maximum atomic E-state index is 4.88. The Hall–Kier alpha value is -2.50. The zero-order valence-electron chi connectivity index (χ0n) is 21.1. The predicted octanol–water partition coefficient (Wildman–Crippen LogP) is 5.23. The molecule has 0 spiro atoms. The average molecular weight is 458 g/mol. The summed E-state index contributed by atoms with van der Waals surface area (Å²) < 4.78 is 2.28. The normalized spacial score (nSPS) is 18.6. The lowest BCUT2D eigenvalue weighted by Gasteiger charge is -2.37. The molecule has 5 nitrogen and oxygen atoms in total. The fourth-order valence-electron chi connectivity index (χ4n) is 5.72. The molecule has 1 aliphatic heterocycles. The second kappa shape index (κ2) is 10.4. The minimum absolute atomic E-state index is 0.810. The zero-order chi connectivity index (χ0) is 23.5. The maximum absolute atomic E-state index is 4.88. The van der Waals surface area contributed by atoms with E-state index in [1.807, 2.05) is 0 Å². The average Bonchev–Trinajstić information content (AvgIpc) is 3.50. The van der Waals surface area contributed by atoms with Crippen LogP contribution in [0.5, 0.6) is 0 Å². The van der Waals surface area contributed by atoms with Crippen LogP contribution in [-0.2, 0) is 13.0 Å². The minimum atomic E-state index is 0.810. The van der Waals surface area contributed by atoms with Crippen LogP contribution in [-0.4, -0.2) is 63.1 Å². The Bertz CT molecular complexity index is 1130. The summed E-state index contributed by atoms with van der Waals surface area (Å²) in [6, 6.07) is 11.9. The first-order chi connectivity index (χ1) is 16.6. The highest BCUT2D eigenvalue weighted by molar-refractivity contribution is 5.76. The van der Waals surface area contributed by atoms with Crippen molar-refractivity contribution in [1.82, 2.24) is 24.3 Å².